The number of carbonyl (C=O) groups is 2. The Balaban J connectivity index is 0.000000208. The van der Waals surface area contributed by atoms with E-state index in [0.29, 0.717) is 10.3 Å². The molecule has 10 nitrogen and oxygen atoms in total. The summed E-state index contributed by atoms with van der Waals surface area (Å²) in [7, 11) is 3.27. The monoisotopic (exact) mass is 892 g/mol. The molecule has 0 atom stereocenters. The first kappa shape index (κ1) is 40.4. The maximum Gasteiger partial charge on any atom is 0.223 e. The summed E-state index contributed by atoms with van der Waals surface area (Å²) in [4.78, 5) is 31.7. The third kappa shape index (κ3) is 10.3. The predicted octanol–water partition coefficient (Wildman–Crippen LogP) is 11.9. The quantitative estimate of drug-likeness (QED) is 0.139. The Labute approximate surface area is 339 Å². The summed E-state index contributed by atoms with van der Waals surface area (Å²) in [6.07, 6.45) is 0. The highest BCUT2D eigenvalue weighted by molar-refractivity contribution is 9.11. The highest BCUT2D eigenvalue weighted by atomic mass is 79.9. The zero-order valence-corrected chi connectivity index (χ0v) is 35.6. The molecule has 6 rings (SSSR count). The van der Waals surface area contributed by atoms with Gasteiger partial charge in [-0.05, 0) is 155 Å². The zero-order valence-electron chi connectivity index (χ0n) is 30.8. The second kappa shape index (κ2) is 18.0. The van der Waals surface area contributed by atoms with E-state index >= 15 is 0 Å². The Morgan fingerprint density at radius 3 is 1.11 bits per heavy atom. The molecule has 0 aliphatic carbocycles. The lowest BCUT2D eigenvalue weighted by Crippen LogP contribution is -2.05. The number of nitrogens with zero attached hydrogens (tertiary/aromatic N) is 2. The number of benzene rings is 4. The Hall–Kier alpha value is -4.76. The van der Waals surface area contributed by atoms with E-state index in [4.69, 9.17) is 18.9 Å². The van der Waals surface area contributed by atoms with E-state index in [-0.39, 0.29) is 11.8 Å². The van der Waals surface area contributed by atoms with E-state index < -0.39 is 0 Å². The first-order valence-corrected chi connectivity index (χ1v) is 19.7. The van der Waals surface area contributed by atoms with Crippen LogP contribution < -0.4 is 29.6 Å². The maximum absolute atomic E-state index is 11.3. The topological polar surface area (TPSA) is 121 Å². The molecule has 0 saturated carbocycles. The standard InChI is InChI=1S/2C20H19BrN2O3S/c2*1-11-9-16(26-15-7-5-14(25-4)6-8-15)10-12(2)17(11)18-19(21)27-20(23-18)22-13(3)24/h2*5-10H,1-4H3,(H,22,23,24). The number of methoxy groups -OCH3 is 2. The van der Waals surface area contributed by atoms with Crippen LogP contribution in [0.5, 0.6) is 34.5 Å². The first-order chi connectivity index (χ1) is 25.7. The van der Waals surface area contributed by atoms with Crippen LogP contribution in [0.25, 0.3) is 22.5 Å². The lowest BCUT2D eigenvalue weighted by molar-refractivity contribution is -0.115. The highest BCUT2D eigenvalue weighted by Crippen LogP contribution is 2.42. The van der Waals surface area contributed by atoms with Gasteiger partial charge in [0.2, 0.25) is 11.8 Å². The molecule has 2 amide bonds. The largest absolute Gasteiger partial charge is 0.497 e. The number of thiazole rings is 2. The number of aryl methyl sites for hydroxylation is 4. The third-order valence-corrected chi connectivity index (χ3v) is 11.1. The number of anilines is 2. The van der Waals surface area contributed by atoms with Gasteiger partial charge in [0.15, 0.2) is 10.3 Å². The molecule has 4 aromatic carbocycles. The molecule has 2 heterocycles. The Bertz CT molecular complexity index is 2080. The molecule has 0 radical (unpaired) electrons. The molecule has 0 aliphatic rings. The van der Waals surface area contributed by atoms with Crippen molar-refractivity contribution in [3.8, 4) is 57.0 Å². The van der Waals surface area contributed by atoms with Crippen molar-refractivity contribution < 1.29 is 28.5 Å². The molecule has 0 fully saturated rings. The van der Waals surface area contributed by atoms with Crippen LogP contribution in [0.1, 0.15) is 36.1 Å². The molecule has 0 spiro atoms. The van der Waals surface area contributed by atoms with Crippen molar-refractivity contribution in [1.82, 2.24) is 9.97 Å². The number of nitrogens with one attached hydrogen (secondary N) is 2. The van der Waals surface area contributed by atoms with Crippen LogP contribution in [0.2, 0.25) is 0 Å². The van der Waals surface area contributed by atoms with Crippen molar-refractivity contribution in [2.45, 2.75) is 41.5 Å². The van der Waals surface area contributed by atoms with E-state index in [1.54, 1.807) is 14.2 Å². The minimum atomic E-state index is -0.139. The van der Waals surface area contributed by atoms with E-state index in [9.17, 15) is 9.59 Å². The van der Waals surface area contributed by atoms with Crippen molar-refractivity contribution in [1.29, 1.82) is 0 Å². The Morgan fingerprint density at radius 2 is 0.833 bits per heavy atom. The van der Waals surface area contributed by atoms with E-state index in [2.05, 4.69) is 52.5 Å². The van der Waals surface area contributed by atoms with Crippen molar-refractivity contribution in [3.63, 3.8) is 0 Å². The number of amides is 2. The van der Waals surface area contributed by atoms with Crippen LogP contribution >= 0.6 is 54.5 Å². The second-order valence-corrected chi connectivity index (χ2v) is 16.7. The average molecular weight is 895 g/mol. The van der Waals surface area contributed by atoms with Crippen molar-refractivity contribution in [2.24, 2.45) is 0 Å². The molecule has 54 heavy (non-hydrogen) atoms. The fraction of sp³-hybridized carbons (Fsp3) is 0.200. The normalized spacial score (nSPS) is 10.6. The number of aromatic nitrogens is 2. The van der Waals surface area contributed by atoms with Crippen molar-refractivity contribution in [2.75, 3.05) is 24.9 Å². The minimum Gasteiger partial charge on any atom is -0.497 e. The molecule has 2 N–H and O–H groups in total. The third-order valence-electron chi connectivity index (χ3n) is 7.81. The summed E-state index contributed by atoms with van der Waals surface area (Å²) in [5.74, 6) is 4.29. The maximum atomic E-state index is 11.3. The first-order valence-electron chi connectivity index (χ1n) is 16.5. The SMILES string of the molecule is COc1ccc(Oc2cc(C)c(-c3nc(NC(C)=O)sc3Br)c(C)c2)cc1.COc1ccc(Oc2cc(C)c(-c3nc(NC(C)=O)sc3Br)c(C)c2)cc1. The van der Waals surface area contributed by atoms with Crippen LogP contribution in [0.15, 0.2) is 80.4 Å². The lowest BCUT2D eigenvalue weighted by Gasteiger charge is -2.13. The molecule has 280 valence electrons. The number of rotatable bonds is 10. The molecular weight excluding hydrogens is 856 g/mol. The Morgan fingerprint density at radius 1 is 0.537 bits per heavy atom. The van der Waals surface area contributed by atoms with Gasteiger partial charge in [-0.15, -0.1) is 0 Å². The van der Waals surface area contributed by atoms with Crippen molar-refractivity contribution >= 4 is 76.6 Å². The van der Waals surface area contributed by atoms with Crippen molar-refractivity contribution in [3.05, 3.63) is 103 Å². The van der Waals surface area contributed by atoms with Gasteiger partial charge < -0.3 is 29.6 Å². The van der Waals surface area contributed by atoms with Gasteiger partial charge in [-0.3, -0.25) is 9.59 Å². The molecule has 14 heteroatoms. The second-order valence-electron chi connectivity index (χ2n) is 12.1. The molecule has 0 unspecified atom stereocenters. The number of hydrogen-bond acceptors (Lipinski definition) is 10. The highest BCUT2D eigenvalue weighted by Gasteiger charge is 2.19. The van der Waals surface area contributed by atoms with Gasteiger partial charge in [0, 0.05) is 25.0 Å². The number of carbonyl (C=O) groups excluding carboxylic acids is 2. The smallest absolute Gasteiger partial charge is 0.223 e. The molecule has 0 saturated heterocycles. The lowest BCUT2D eigenvalue weighted by atomic mass is 10.0. The number of hydrogen-bond donors (Lipinski definition) is 2. The average Bonchev–Trinajstić information content (AvgIpc) is 3.64. The van der Waals surface area contributed by atoms with Gasteiger partial charge in [0.25, 0.3) is 0 Å². The van der Waals surface area contributed by atoms with Gasteiger partial charge in [-0.1, -0.05) is 22.7 Å². The minimum absolute atomic E-state index is 0.139. The van der Waals surface area contributed by atoms with E-state index in [1.807, 2.05) is 100 Å². The molecule has 0 aliphatic heterocycles. The molecular formula is C40H38Br2N4O6S2. The zero-order chi connectivity index (χ0) is 39.1. The number of halogens is 2. The van der Waals surface area contributed by atoms with Gasteiger partial charge in [-0.2, -0.15) is 0 Å². The van der Waals surface area contributed by atoms with Crippen LogP contribution in [0.4, 0.5) is 10.3 Å². The molecule has 2 aromatic heterocycles. The van der Waals surface area contributed by atoms with E-state index in [0.717, 1.165) is 86.8 Å². The van der Waals surface area contributed by atoms with Crippen LogP contribution in [-0.2, 0) is 9.59 Å². The van der Waals surface area contributed by atoms with Gasteiger partial charge >= 0.3 is 0 Å². The van der Waals surface area contributed by atoms with Gasteiger partial charge in [-0.25, -0.2) is 9.97 Å². The predicted molar refractivity (Wildman–Crippen MR) is 224 cm³/mol. The van der Waals surface area contributed by atoms with Crippen LogP contribution in [-0.4, -0.2) is 36.0 Å². The fourth-order valence-electron chi connectivity index (χ4n) is 5.59. The summed E-state index contributed by atoms with van der Waals surface area (Å²) in [6, 6.07) is 22.8. The fourth-order valence-corrected chi connectivity index (χ4v) is 8.58. The molecule has 6 aromatic rings. The summed E-state index contributed by atoms with van der Waals surface area (Å²) >= 11 is 9.91. The summed E-state index contributed by atoms with van der Waals surface area (Å²) in [5.41, 5.74) is 7.84. The summed E-state index contributed by atoms with van der Waals surface area (Å²) < 4.78 is 24.0. The van der Waals surface area contributed by atoms with Gasteiger partial charge in [0.05, 0.1) is 33.2 Å². The molecule has 0 bridgehead atoms. The summed E-state index contributed by atoms with van der Waals surface area (Å²) in [5, 5.41) is 6.61. The van der Waals surface area contributed by atoms with Gasteiger partial charge in [0.1, 0.15) is 34.5 Å². The number of ether oxygens (including phenoxy) is 4. The summed E-state index contributed by atoms with van der Waals surface area (Å²) in [6.45, 7) is 11.0. The van der Waals surface area contributed by atoms with E-state index in [1.165, 1.54) is 36.5 Å². The van der Waals surface area contributed by atoms with Crippen LogP contribution in [0, 0.1) is 27.7 Å². The van der Waals surface area contributed by atoms with Crippen LogP contribution in [0.3, 0.4) is 0 Å². The Kier molecular flexibility index (Phi) is 13.5.